The standard InChI is InChI=1S/C30H30N2S2/c1-17(2)10-21-12-19-13-23-26(15-25(19)33-21)34-29-27(31-16-32-28(23)29)20-11-18-8-6-7-9-22(18)24(14-20)30(3,4)5/h6-9,11-15,17,32H,10,16H2,1-5H3. The minimum atomic E-state index is 0.0597. The maximum atomic E-state index is 4.99. The van der Waals surface area contributed by atoms with Crippen molar-refractivity contribution in [1.29, 1.82) is 0 Å². The average molecular weight is 483 g/mol. The molecule has 2 aromatic heterocycles. The van der Waals surface area contributed by atoms with Crippen LogP contribution in [0.3, 0.4) is 0 Å². The molecule has 1 aliphatic rings. The van der Waals surface area contributed by atoms with Gasteiger partial charge < -0.3 is 5.32 Å². The van der Waals surface area contributed by atoms with Gasteiger partial charge in [0.25, 0.3) is 0 Å². The summed E-state index contributed by atoms with van der Waals surface area (Å²) in [5.41, 5.74) is 5.02. The highest BCUT2D eigenvalue weighted by Crippen LogP contribution is 2.43. The highest BCUT2D eigenvalue weighted by Gasteiger charge is 2.25. The summed E-state index contributed by atoms with van der Waals surface area (Å²) in [7, 11) is 0. The van der Waals surface area contributed by atoms with Gasteiger partial charge in [0.1, 0.15) is 6.67 Å². The molecule has 34 heavy (non-hydrogen) atoms. The molecule has 0 spiro atoms. The fraction of sp³-hybridized carbons (Fsp3) is 0.300. The van der Waals surface area contributed by atoms with Crippen molar-refractivity contribution >= 4 is 65.0 Å². The van der Waals surface area contributed by atoms with Crippen LogP contribution in [0.15, 0.2) is 59.6 Å². The second kappa shape index (κ2) is 7.93. The summed E-state index contributed by atoms with van der Waals surface area (Å²) >= 11 is 3.82. The van der Waals surface area contributed by atoms with E-state index in [0.29, 0.717) is 12.6 Å². The molecule has 6 rings (SSSR count). The Morgan fingerprint density at radius 2 is 1.74 bits per heavy atom. The second-order valence-corrected chi connectivity index (χ2v) is 13.1. The van der Waals surface area contributed by atoms with Gasteiger partial charge in [-0.05, 0) is 69.8 Å². The molecule has 0 saturated heterocycles. The van der Waals surface area contributed by atoms with Gasteiger partial charge in [-0.25, -0.2) is 0 Å². The number of rotatable bonds is 3. The van der Waals surface area contributed by atoms with Crippen molar-refractivity contribution < 1.29 is 0 Å². The molecule has 1 aliphatic heterocycles. The molecule has 5 aromatic rings. The zero-order valence-electron chi connectivity index (χ0n) is 20.5. The Balaban J connectivity index is 1.51. The first kappa shape index (κ1) is 21.8. The third-order valence-electron chi connectivity index (χ3n) is 6.64. The van der Waals surface area contributed by atoms with E-state index in [1.165, 1.54) is 57.5 Å². The summed E-state index contributed by atoms with van der Waals surface area (Å²) in [6.07, 6.45) is 1.15. The SMILES string of the molecule is CC(C)Cc1cc2cc3c4c(sc3cc2s1)C(c1cc(C(C)(C)C)c2ccccc2c1)=NCN4. The number of benzene rings is 3. The van der Waals surface area contributed by atoms with Crippen LogP contribution in [-0.2, 0) is 11.8 Å². The van der Waals surface area contributed by atoms with E-state index in [0.717, 1.165) is 12.1 Å². The molecule has 3 heterocycles. The summed E-state index contributed by atoms with van der Waals surface area (Å²) in [5, 5.41) is 8.90. The Hall–Kier alpha value is -2.69. The van der Waals surface area contributed by atoms with E-state index >= 15 is 0 Å². The molecule has 0 bridgehead atoms. The van der Waals surface area contributed by atoms with Crippen LogP contribution < -0.4 is 5.32 Å². The molecular formula is C30H30N2S2. The first-order chi connectivity index (χ1) is 16.3. The van der Waals surface area contributed by atoms with Gasteiger partial charge in [-0.15, -0.1) is 22.7 Å². The van der Waals surface area contributed by atoms with Crippen molar-refractivity contribution in [3.8, 4) is 0 Å². The first-order valence-electron chi connectivity index (χ1n) is 12.1. The van der Waals surface area contributed by atoms with Crippen LogP contribution in [-0.4, -0.2) is 12.4 Å². The summed E-state index contributed by atoms with van der Waals surface area (Å²) < 4.78 is 2.73. The summed E-state index contributed by atoms with van der Waals surface area (Å²) in [6.45, 7) is 12.1. The number of thiophene rings is 2. The van der Waals surface area contributed by atoms with Gasteiger partial charge in [0.05, 0.1) is 16.3 Å². The third kappa shape index (κ3) is 3.64. The van der Waals surface area contributed by atoms with Crippen LogP contribution in [0.2, 0.25) is 0 Å². The largest absolute Gasteiger partial charge is 0.365 e. The number of hydrogen-bond donors (Lipinski definition) is 1. The number of hydrogen-bond acceptors (Lipinski definition) is 4. The number of aliphatic imine (C=N–C) groups is 1. The van der Waals surface area contributed by atoms with Crippen LogP contribution in [0.4, 0.5) is 5.69 Å². The molecule has 0 amide bonds. The molecule has 0 fully saturated rings. The monoisotopic (exact) mass is 482 g/mol. The number of nitrogens with zero attached hydrogens (tertiary/aromatic N) is 1. The van der Waals surface area contributed by atoms with Crippen LogP contribution in [0, 0.1) is 5.92 Å². The maximum Gasteiger partial charge on any atom is 0.108 e. The molecule has 172 valence electrons. The van der Waals surface area contributed by atoms with Crippen LogP contribution in [0.5, 0.6) is 0 Å². The second-order valence-electron chi connectivity index (χ2n) is 10.8. The van der Waals surface area contributed by atoms with Gasteiger partial charge in [-0.1, -0.05) is 58.9 Å². The molecule has 0 aliphatic carbocycles. The van der Waals surface area contributed by atoms with Crippen molar-refractivity contribution in [2.75, 3.05) is 12.0 Å². The van der Waals surface area contributed by atoms with E-state index in [1.54, 1.807) is 0 Å². The zero-order valence-corrected chi connectivity index (χ0v) is 22.1. The molecular weight excluding hydrogens is 452 g/mol. The van der Waals surface area contributed by atoms with Gasteiger partial charge in [0, 0.05) is 25.2 Å². The van der Waals surface area contributed by atoms with Crippen LogP contribution >= 0.6 is 22.7 Å². The fourth-order valence-electron chi connectivity index (χ4n) is 5.09. The molecule has 0 atom stereocenters. The lowest BCUT2D eigenvalue weighted by atomic mass is 9.82. The van der Waals surface area contributed by atoms with E-state index < -0.39 is 0 Å². The summed E-state index contributed by atoms with van der Waals surface area (Å²) in [6, 6.07) is 20.6. The van der Waals surface area contributed by atoms with Gasteiger partial charge in [0.2, 0.25) is 0 Å². The quantitative estimate of drug-likeness (QED) is 0.273. The molecule has 0 unspecified atom stereocenters. The molecule has 0 radical (unpaired) electrons. The Morgan fingerprint density at radius 1 is 0.912 bits per heavy atom. The van der Waals surface area contributed by atoms with Crippen molar-refractivity contribution in [3.63, 3.8) is 0 Å². The average Bonchev–Trinajstić information content (AvgIpc) is 3.34. The third-order valence-corrected chi connectivity index (χ3v) is 8.92. The smallest absolute Gasteiger partial charge is 0.108 e. The minimum absolute atomic E-state index is 0.0597. The van der Waals surface area contributed by atoms with Crippen LogP contribution in [0.25, 0.3) is 30.9 Å². The van der Waals surface area contributed by atoms with Crippen molar-refractivity contribution in [3.05, 3.63) is 75.5 Å². The summed E-state index contributed by atoms with van der Waals surface area (Å²) in [4.78, 5) is 7.73. The maximum absolute atomic E-state index is 4.99. The van der Waals surface area contributed by atoms with Crippen molar-refractivity contribution in [2.24, 2.45) is 10.9 Å². The molecule has 1 N–H and O–H groups in total. The van der Waals surface area contributed by atoms with E-state index in [2.05, 4.69) is 94.5 Å². The van der Waals surface area contributed by atoms with Crippen LogP contribution in [0.1, 0.15) is 55.5 Å². The number of nitrogens with one attached hydrogen (secondary N) is 1. The molecule has 2 nitrogen and oxygen atoms in total. The minimum Gasteiger partial charge on any atom is -0.365 e. The lowest BCUT2D eigenvalue weighted by Crippen LogP contribution is -2.17. The Kier molecular flexibility index (Phi) is 5.09. The summed E-state index contributed by atoms with van der Waals surface area (Å²) in [5.74, 6) is 0.683. The predicted octanol–water partition coefficient (Wildman–Crippen LogP) is 8.99. The zero-order chi connectivity index (χ0) is 23.6. The highest BCUT2D eigenvalue weighted by molar-refractivity contribution is 7.23. The highest BCUT2D eigenvalue weighted by atomic mass is 32.1. The van der Waals surface area contributed by atoms with Gasteiger partial charge in [0.15, 0.2) is 0 Å². The normalized spacial score (nSPS) is 14.1. The number of fused-ring (bicyclic) bond motifs is 5. The van der Waals surface area contributed by atoms with E-state index in [9.17, 15) is 0 Å². The predicted molar refractivity (Wildman–Crippen MR) is 153 cm³/mol. The van der Waals surface area contributed by atoms with Crippen molar-refractivity contribution in [1.82, 2.24) is 0 Å². The topological polar surface area (TPSA) is 24.4 Å². The Morgan fingerprint density at radius 3 is 2.53 bits per heavy atom. The van der Waals surface area contributed by atoms with Gasteiger partial charge in [-0.2, -0.15) is 0 Å². The first-order valence-corrected chi connectivity index (χ1v) is 13.7. The van der Waals surface area contributed by atoms with E-state index in [1.807, 2.05) is 22.7 Å². The molecule has 3 aromatic carbocycles. The van der Waals surface area contributed by atoms with Crippen molar-refractivity contribution in [2.45, 2.75) is 46.5 Å². The number of anilines is 1. The Labute approximate surface area is 209 Å². The molecule has 0 saturated carbocycles. The lowest BCUT2D eigenvalue weighted by molar-refractivity contribution is 0.596. The van der Waals surface area contributed by atoms with E-state index in [-0.39, 0.29) is 5.41 Å². The Bertz CT molecular complexity index is 1590. The van der Waals surface area contributed by atoms with Gasteiger partial charge >= 0.3 is 0 Å². The lowest BCUT2D eigenvalue weighted by Gasteiger charge is -2.24. The fourth-order valence-corrected chi connectivity index (χ4v) is 7.69. The van der Waals surface area contributed by atoms with Gasteiger partial charge in [-0.3, -0.25) is 4.99 Å². The van der Waals surface area contributed by atoms with E-state index in [4.69, 9.17) is 4.99 Å². The molecule has 4 heteroatoms.